The van der Waals surface area contributed by atoms with Gasteiger partial charge in [0.05, 0.1) is 0 Å². The standard InChI is InChI=1S/C20H29ClN4O2/c1-24-11-6-15(7-12-24)17-8-13-25(14-17)20(27)23-10-9-22-19(26)16-2-4-18(21)5-3-16/h2-5,15,17H,6-14H2,1H3,(H,22,26)(H,23,27). The minimum atomic E-state index is -0.163. The number of nitrogens with one attached hydrogen (secondary N) is 2. The fourth-order valence-electron chi connectivity index (χ4n) is 4.02. The zero-order valence-corrected chi connectivity index (χ0v) is 16.7. The molecule has 1 aromatic rings. The van der Waals surface area contributed by atoms with E-state index in [9.17, 15) is 9.59 Å². The van der Waals surface area contributed by atoms with Crippen LogP contribution >= 0.6 is 11.6 Å². The molecule has 1 atom stereocenters. The van der Waals surface area contributed by atoms with Crippen molar-refractivity contribution >= 4 is 23.5 Å². The highest BCUT2D eigenvalue weighted by Gasteiger charge is 2.33. The molecule has 0 spiro atoms. The van der Waals surface area contributed by atoms with Crippen molar-refractivity contribution in [3.8, 4) is 0 Å². The van der Waals surface area contributed by atoms with Crippen LogP contribution in [0.3, 0.4) is 0 Å². The van der Waals surface area contributed by atoms with Gasteiger partial charge in [0.15, 0.2) is 0 Å². The number of urea groups is 1. The average molecular weight is 393 g/mol. The van der Waals surface area contributed by atoms with E-state index in [1.165, 1.54) is 25.9 Å². The maximum Gasteiger partial charge on any atom is 0.317 e. The van der Waals surface area contributed by atoms with Crippen molar-refractivity contribution < 1.29 is 9.59 Å². The highest BCUT2D eigenvalue weighted by atomic mass is 35.5. The van der Waals surface area contributed by atoms with Crippen molar-refractivity contribution in [2.24, 2.45) is 11.8 Å². The molecule has 0 radical (unpaired) electrons. The van der Waals surface area contributed by atoms with E-state index < -0.39 is 0 Å². The van der Waals surface area contributed by atoms with E-state index in [1.54, 1.807) is 24.3 Å². The van der Waals surface area contributed by atoms with Crippen LogP contribution in [-0.2, 0) is 0 Å². The Balaban J connectivity index is 1.34. The van der Waals surface area contributed by atoms with Crippen LogP contribution in [0.1, 0.15) is 29.6 Å². The topological polar surface area (TPSA) is 64.7 Å². The second-order valence-electron chi connectivity index (χ2n) is 7.63. The van der Waals surface area contributed by atoms with Gasteiger partial charge in [-0.15, -0.1) is 0 Å². The van der Waals surface area contributed by atoms with Gasteiger partial charge in [0.2, 0.25) is 0 Å². The van der Waals surface area contributed by atoms with Gasteiger partial charge in [-0.1, -0.05) is 11.6 Å². The van der Waals surface area contributed by atoms with Crippen LogP contribution in [0.2, 0.25) is 5.02 Å². The molecular formula is C20H29ClN4O2. The molecule has 2 aliphatic rings. The minimum Gasteiger partial charge on any atom is -0.350 e. The van der Waals surface area contributed by atoms with E-state index in [0.717, 1.165) is 25.4 Å². The highest BCUT2D eigenvalue weighted by Crippen LogP contribution is 2.31. The number of piperidine rings is 1. The van der Waals surface area contributed by atoms with Crippen molar-refractivity contribution in [2.45, 2.75) is 19.3 Å². The third kappa shape index (κ3) is 5.59. The van der Waals surface area contributed by atoms with Gasteiger partial charge in [-0.3, -0.25) is 4.79 Å². The molecule has 1 aromatic carbocycles. The predicted octanol–water partition coefficient (Wildman–Crippen LogP) is 2.44. The molecule has 6 nitrogen and oxygen atoms in total. The summed E-state index contributed by atoms with van der Waals surface area (Å²) in [4.78, 5) is 28.7. The number of hydrogen-bond acceptors (Lipinski definition) is 3. The van der Waals surface area contributed by atoms with Crippen LogP contribution in [0.15, 0.2) is 24.3 Å². The number of carbonyl (C=O) groups is 2. The molecule has 148 valence electrons. The minimum absolute atomic E-state index is 0.0221. The summed E-state index contributed by atoms with van der Waals surface area (Å²) in [6, 6.07) is 6.72. The van der Waals surface area contributed by atoms with E-state index in [1.807, 2.05) is 4.90 Å². The summed E-state index contributed by atoms with van der Waals surface area (Å²) in [5, 5.41) is 6.32. The number of hydrogen-bond donors (Lipinski definition) is 2. The SMILES string of the molecule is CN1CCC(C2CCN(C(=O)NCCNC(=O)c3ccc(Cl)cc3)C2)CC1. The van der Waals surface area contributed by atoms with Crippen LogP contribution < -0.4 is 10.6 Å². The summed E-state index contributed by atoms with van der Waals surface area (Å²) in [5.41, 5.74) is 0.561. The summed E-state index contributed by atoms with van der Waals surface area (Å²) in [7, 11) is 2.18. The number of halogens is 1. The number of amides is 3. The molecule has 3 amide bonds. The van der Waals surface area contributed by atoms with Gasteiger partial charge >= 0.3 is 6.03 Å². The molecule has 2 saturated heterocycles. The molecule has 1 unspecified atom stereocenters. The van der Waals surface area contributed by atoms with E-state index in [4.69, 9.17) is 11.6 Å². The van der Waals surface area contributed by atoms with Gasteiger partial charge in [0.1, 0.15) is 0 Å². The molecule has 2 N–H and O–H groups in total. The number of nitrogens with zero attached hydrogens (tertiary/aromatic N) is 2. The Hall–Kier alpha value is -1.79. The third-order valence-electron chi connectivity index (χ3n) is 5.73. The lowest BCUT2D eigenvalue weighted by atomic mass is 9.84. The van der Waals surface area contributed by atoms with Gasteiger partial charge in [-0.05, 0) is 75.5 Å². The van der Waals surface area contributed by atoms with E-state index in [0.29, 0.717) is 29.6 Å². The van der Waals surface area contributed by atoms with Gasteiger partial charge in [0, 0.05) is 36.8 Å². The third-order valence-corrected chi connectivity index (χ3v) is 5.99. The lowest BCUT2D eigenvalue weighted by molar-refractivity contribution is 0.0953. The van der Waals surface area contributed by atoms with Crippen LogP contribution in [0, 0.1) is 11.8 Å². The Bertz CT molecular complexity index is 644. The van der Waals surface area contributed by atoms with Crippen LogP contribution in [0.5, 0.6) is 0 Å². The fraction of sp³-hybridized carbons (Fsp3) is 0.600. The summed E-state index contributed by atoms with van der Waals surface area (Å²) >= 11 is 5.82. The zero-order chi connectivity index (χ0) is 19.2. The molecular weight excluding hydrogens is 364 g/mol. The molecule has 2 aliphatic heterocycles. The van der Waals surface area contributed by atoms with E-state index in [-0.39, 0.29) is 11.9 Å². The molecule has 27 heavy (non-hydrogen) atoms. The zero-order valence-electron chi connectivity index (χ0n) is 15.9. The van der Waals surface area contributed by atoms with Crippen LogP contribution in [0.25, 0.3) is 0 Å². The average Bonchev–Trinajstić information content (AvgIpc) is 3.16. The summed E-state index contributed by atoms with van der Waals surface area (Å²) in [6.45, 7) is 4.85. The Labute approximate surface area is 166 Å². The molecule has 0 aromatic heterocycles. The van der Waals surface area contributed by atoms with Crippen molar-refractivity contribution in [3.05, 3.63) is 34.9 Å². The van der Waals surface area contributed by atoms with Crippen molar-refractivity contribution in [1.29, 1.82) is 0 Å². The molecule has 0 saturated carbocycles. The van der Waals surface area contributed by atoms with Crippen LogP contribution in [-0.4, -0.2) is 68.1 Å². The smallest absolute Gasteiger partial charge is 0.317 e. The molecule has 2 fully saturated rings. The van der Waals surface area contributed by atoms with E-state index in [2.05, 4.69) is 22.6 Å². The Kier molecular flexibility index (Phi) is 6.96. The molecule has 0 aliphatic carbocycles. The van der Waals surface area contributed by atoms with Gasteiger partial charge in [-0.25, -0.2) is 4.79 Å². The van der Waals surface area contributed by atoms with Gasteiger partial charge < -0.3 is 20.4 Å². The first-order valence-corrected chi connectivity index (χ1v) is 10.2. The predicted molar refractivity (Wildman–Crippen MR) is 107 cm³/mol. The molecule has 7 heteroatoms. The van der Waals surface area contributed by atoms with Crippen molar-refractivity contribution in [2.75, 3.05) is 46.3 Å². The first kappa shape index (κ1) is 20.0. The Morgan fingerprint density at radius 3 is 2.33 bits per heavy atom. The first-order chi connectivity index (χ1) is 13.0. The van der Waals surface area contributed by atoms with Crippen molar-refractivity contribution in [3.63, 3.8) is 0 Å². The van der Waals surface area contributed by atoms with Crippen molar-refractivity contribution in [1.82, 2.24) is 20.4 Å². The summed E-state index contributed by atoms with van der Waals surface area (Å²) in [5.74, 6) is 1.22. The summed E-state index contributed by atoms with van der Waals surface area (Å²) in [6.07, 6.45) is 3.59. The number of carbonyl (C=O) groups excluding carboxylic acids is 2. The van der Waals surface area contributed by atoms with Gasteiger partial charge in [0.25, 0.3) is 5.91 Å². The summed E-state index contributed by atoms with van der Waals surface area (Å²) < 4.78 is 0. The second-order valence-corrected chi connectivity index (χ2v) is 8.07. The number of likely N-dealkylation sites (tertiary alicyclic amines) is 2. The first-order valence-electron chi connectivity index (χ1n) is 9.78. The van der Waals surface area contributed by atoms with Crippen LogP contribution in [0.4, 0.5) is 4.79 Å². The Morgan fingerprint density at radius 1 is 1.00 bits per heavy atom. The number of rotatable bonds is 5. The second kappa shape index (κ2) is 9.42. The fourth-order valence-corrected chi connectivity index (χ4v) is 4.14. The van der Waals surface area contributed by atoms with E-state index >= 15 is 0 Å². The maximum atomic E-state index is 12.4. The highest BCUT2D eigenvalue weighted by molar-refractivity contribution is 6.30. The monoisotopic (exact) mass is 392 g/mol. The molecule has 2 heterocycles. The number of benzene rings is 1. The molecule has 3 rings (SSSR count). The van der Waals surface area contributed by atoms with Gasteiger partial charge in [-0.2, -0.15) is 0 Å². The molecule has 0 bridgehead atoms. The normalized spacial score (nSPS) is 21.3. The lowest BCUT2D eigenvalue weighted by Gasteiger charge is -2.32. The quantitative estimate of drug-likeness (QED) is 0.756. The Morgan fingerprint density at radius 2 is 1.63 bits per heavy atom. The lowest BCUT2D eigenvalue weighted by Crippen LogP contribution is -2.42. The largest absolute Gasteiger partial charge is 0.350 e. The maximum absolute atomic E-state index is 12.4.